The maximum absolute atomic E-state index is 11.7. The van der Waals surface area contributed by atoms with Crippen LogP contribution in [0.3, 0.4) is 0 Å². The number of rotatable bonds is 7. The number of hydrogen-bond donors (Lipinski definition) is 3. The molecule has 2 saturated heterocycles. The van der Waals surface area contributed by atoms with Crippen molar-refractivity contribution in [2.24, 2.45) is 17.8 Å². The lowest BCUT2D eigenvalue weighted by atomic mass is 9.80. The van der Waals surface area contributed by atoms with Crippen LogP contribution in [0.15, 0.2) is 0 Å². The molecule has 2 aromatic rings. The molecule has 0 bridgehead atoms. The highest BCUT2D eigenvalue weighted by Gasteiger charge is 2.33. The monoisotopic (exact) mass is 528 g/mol. The van der Waals surface area contributed by atoms with Gasteiger partial charge >= 0.3 is 6.09 Å². The number of thioether (sulfide) groups is 1. The Morgan fingerprint density at radius 2 is 1.95 bits per heavy atom. The number of hydrogen-bond acceptors (Lipinski definition) is 9. The second-order valence-corrected chi connectivity index (χ2v) is 12.7. The summed E-state index contributed by atoms with van der Waals surface area (Å²) in [5.74, 6) is 6.57. The van der Waals surface area contributed by atoms with E-state index in [0.717, 1.165) is 47.8 Å². The van der Waals surface area contributed by atoms with E-state index < -0.39 is 12.3 Å². The van der Waals surface area contributed by atoms with Crippen molar-refractivity contribution in [1.82, 2.24) is 30.3 Å². The SMILES string of the molecule is CC1CCC(Cn2c(N3CCSCC3C)nc3nc(C4NOC(=O)N4)nc(N[C@H](C)C4CCC4)c32)CC1. The Bertz CT molecular complexity index is 1130. The van der Waals surface area contributed by atoms with Gasteiger partial charge in [0.2, 0.25) is 5.95 Å². The number of imidazole rings is 1. The molecule has 4 fully saturated rings. The van der Waals surface area contributed by atoms with Crippen molar-refractivity contribution in [3.8, 4) is 0 Å². The molecule has 2 aromatic heterocycles. The summed E-state index contributed by atoms with van der Waals surface area (Å²) in [7, 11) is 0. The van der Waals surface area contributed by atoms with E-state index in [1.54, 1.807) is 0 Å². The highest BCUT2D eigenvalue weighted by molar-refractivity contribution is 7.99. The van der Waals surface area contributed by atoms with Crippen molar-refractivity contribution in [3.05, 3.63) is 5.82 Å². The van der Waals surface area contributed by atoms with E-state index >= 15 is 0 Å². The van der Waals surface area contributed by atoms with Gasteiger partial charge in [-0.2, -0.15) is 16.7 Å². The van der Waals surface area contributed by atoms with Gasteiger partial charge in [0.25, 0.3) is 0 Å². The first-order valence-electron chi connectivity index (χ1n) is 14.1. The number of hydroxylamine groups is 1. The third-order valence-electron chi connectivity index (χ3n) is 8.81. The van der Waals surface area contributed by atoms with E-state index in [9.17, 15) is 4.79 Å². The summed E-state index contributed by atoms with van der Waals surface area (Å²) in [6.07, 6.45) is 7.75. The molecule has 6 rings (SSSR count). The molecule has 2 aliphatic carbocycles. The van der Waals surface area contributed by atoms with Crippen molar-refractivity contribution in [2.45, 2.75) is 90.5 Å². The quantitative estimate of drug-likeness (QED) is 0.480. The second kappa shape index (κ2) is 10.5. The average molecular weight is 529 g/mol. The predicted octanol–water partition coefficient (Wildman–Crippen LogP) is 4.44. The van der Waals surface area contributed by atoms with E-state index in [1.807, 2.05) is 11.8 Å². The van der Waals surface area contributed by atoms with Crippen LogP contribution in [-0.2, 0) is 11.4 Å². The molecular formula is C26H40N8O2S. The zero-order chi connectivity index (χ0) is 25.5. The number of nitrogens with one attached hydrogen (secondary N) is 3. The van der Waals surface area contributed by atoms with Crippen LogP contribution < -0.4 is 21.0 Å². The Morgan fingerprint density at radius 3 is 2.62 bits per heavy atom. The van der Waals surface area contributed by atoms with Crippen LogP contribution in [0.2, 0.25) is 0 Å². The predicted molar refractivity (Wildman–Crippen MR) is 146 cm³/mol. The Hall–Kier alpha value is -2.27. The van der Waals surface area contributed by atoms with Crippen LogP contribution in [0.4, 0.5) is 16.6 Å². The number of nitrogens with zero attached hydrogens (tertiary/aromatic N) is 5. The minimum absolute atomic E-state index is 0.301. The molecule has 10 nitrogen and oxygen atoms in total. The van der Waals surface area contributed by atoms with Gasteiger partial charge in [-0.25, -0.2) is 14.8 Å². The minimum atomic E-state index is -0.602. The summed E-state index contributed by atoms with van der Waals surface area (Å²) in [5.41, 5.74) is 4.38. The van der Waals surface area contributed by atoms with Gasteiger partial charge in [0.15, 0.2) is 23.5 Å². The Kier molecular flexibility index (Phi) is 7.09. The van der Waals surface area contributed by atoms with Crippen LogP contribution in [0.25, 0.3) is 11.2 Å². The van der Waals surface area contributed by atoms with Crippen molar-refractivity contribution < 1.29 is 9.63 Å². The summed E-state index contributed by atoms with van der Waals surface area (Å²) in [5, 5.41) is 6.51. The molecule has 2 unspecified atom stereocenters. The molecule has 4 heterocycles. The molecule has 1 amide bonds. The van der Waals surface area contributed by atoms with Crippen LogP contribution in [0.5, 0.6) is 0 Å². The minimum Gasteiger partial charge on any atom is -0.365 e. The van der Waals surface area contributed by atoms with Gasteiger partial charge in [-0.05, 0) is 57.3 Å². The van der Waals surface area contributed by atoms with Crippen LogP contribution >= 0.6 is 11.8 Å². The van der Waals surface area contributed by atoms with Crippen LogP contribution in [-0.4, -0.2) is 55.7 Å². The van der Waals surface area contributed by atoms with Gasteiger partial charge in [-0.1, -0.05) is 26.2 Å². The smallest absolute Gasteiger partial charge is 0.365 e. The standard InChI is InChI=1S/C26H40N8O2S/c1-15-7-9-18(10-8-15)13-34-20-21(27-17(3)19-5-4-6-19)28-23(24-31-26(35)36-32-24)29-22(20)30-25(34)33-11-12-37-14-16(33)2/h15-19,24,32H,4-14H2,1-3H3,(H,31,35)(H,27,28,29)/t15?,16?,17-,18?,24?/m1/s1. The van der Waals surface area contributed by atoms with Gasteiger partial charge in [0, 0.05) is 36.7 Å². The molecule has 37 heavy (non-hydrogen) atoms. The lowest BCUT2D eigenvalue weighted by Crippen LogP contribution is -2.42. The largest absolute Gasteiger partial charge is 0.427 e. The summed E-state index contributed by atoms with van der Waals surface area (Å²) >= 11 is 2.01. The fourth-order valence-electron chi connectivity index (χ4n) is 6.14. The van der Waals surface area contributed by atoms with E-state index in [-0.39, 0.29) is 0 Å². The van der Waals surface area contributed by atoms with Crippen molar-refractivity contribution in [1.29, 1.82) is 0 Å². The van der Waals surface area contributed by atoms with E-state index in [0.29, 0.717) is 35.4 Å². The first-order valence-corrected chi connectivity index (χ1v) is 15.2. The third-order valence-corrected chi connectivity index (χ3v) is 10.0. The molecule has 2 saturated carbocycles. The molecule has 0 radical (unpaired) electrons. The van der Waals surface area contributed by atoms with Crippen LogP contribution in [0.1, 0.15) is 77.7 Å². The molecule has 11 heteroatoms. The lowest BCUT2D eigenvalue weighted by molar-refractivity contribution is 0.120. The first-order chi connectivity index (χ1) is 18.0. The summed E-state index contributed by atoms with van der Waals surface area (Å²) < 4.78 is 2.42. The molecule has 3 N–H and O–H groups in total. The number of anilines is 2. The molecule has 2 aliphatic heterocycles. The maximum atomic E-state index is 11.7. The zero-order valence-electron chi connectivity index (χ0n) is 22.2. The van der Waals surface area contributed by atoms with Gasteiger partial charge in [0.1, 0.15) is 5.52 Å². The number of amides is 1. The Balaban J connectivity index is 1.44. The fraction of sp³-hybridized carbons (Fsp3) is 0.769. The summed E-state index contributed by atoms with van der Waals surface area (Å²) in [6, 6.07) is 0.706. The average Bonchev–Trinajstić information content (AvgIpc) is 3.43. The molecule has 0 spiro atoms. The maximum Gasteiger partial charge on any atom is 0.427 e. The normalized spacial score (nSPS) is 29.6. The van der Waals surface area contributed by atoms with E-state index in [4.69, 9.17) is 19.8 Å². The van der Waals surface area contributed by atoms with Gasteiger partial charge in [0.05, 0.1) is 0 Å². The Labute approximate surface area is 223 Å². The fourth-order valence-corrected chi connectivity index (χ4v) is 7.15. The summed E-state index contributed by atoms with van der Waals surface area (Å²) in [6.45, 7) is 8.84. The first kappa shape index (κ1) is 25.0. The second-order valence-electron chi connectivity index (χ2n) is 11.6. The number of carbonyl (C=O) groups is 1. The number of fused-ring (bicyclic) bond motifs is 1. The molecule has 202 valence electrons. The van der Waals surface area contributed by atoms with E-state index in [2.05, 4.69) is 46.4 Å². The van der Waals surface area contributed by atoms with Gasteiger partial charge in [-0.15, -0.1) is 5.48 Å². The molecular weight excluding hydrogens is 488 g/mol. The topological polar surface area (TPSA) is 109 Å². The number of carbonyl (C=O) groups excluding carboxylic acids is 1. The Morgan fingerprint density at radius 1 is 1.14 bits per heavy atom. The molecule has 4 aliphatic rings. The van der Waals surface area contributed by atoms with Crippen molar-refractivity contribution in [3.63, 3.8) is 0 Å². The molecule has 3 atom stereocenters. The van der Waals surface area contributed by atoms with Gasteiger partial charge in [-0.3, -0.25) is 5.32 Å². The van der Waals surface area contributed by atoms with Crippen molar-refractivity contribution in [2.75, 3.05) is 28.3 Å². The third kappa shape index (κ3) is 5.08. The van der Waals surface area contributed by atoms with Crippen LogP contribution in [0, 0.1) is 17.8 Å². The van der Waals surface area contributed by atoms with Gasteiger partial charge < -0.3 is 19.6 Å². The summed E-state index contributed by atoms with van der Waals surface area (Å²) in [4.78, 5) is 34.2. The highest BCUT2D eigenvalue weighted by Crippen LogP contribution is 2.37. The van der Waals surface area contributed by atoms with E-state index in [1.165, 1.54) is 44.9 Å². The lowest BCUT2D eigenvalue weighted by Gasteiger charge is -2.35. The van der Waals surface area contributed by atoms with Crippen molar-refractivity contribution >= 4 is 40.8 Å². The zero-order valence-corrected chi connectivity index (χ0v) is 23.0. The number of aromatic nitrogens is 4. The molecule has 0 aromatic carbocycles. The highest BCUT2D eigenvalue weighted by atomic mass is 32.2.